The minimum Gasteiger partial charge on any atom is -0.355 e. The van der Waals surface area contributed by atoms with Crippen molar-refractivity contribution >= 4 is 18.5 Å². The molecule has 0 aliphatic rings. The van der Waals surface area contributed by atoms with E-state index in [-0.39, 0.29) is 16.6 Å². The van der Waals surface area contributed by atoms with Crippen LogP contribution in [0, 0.1) is 11.3 Å². The molecule has 19 heavy (non-hydrogen) atoms. The van der Waals surface area contributed by atoms with Crippen LogP contribution >= 0.6 is 12.6 Å². The molecule has 106 valence electrons. The van der Waals surface area contributed by atoms with Gasteiger partial charge in [0.2, 0.25) is 5.91 Å². The summed E-state index contributed by atoms with van der Waals surface area (Å²) in [6.07, 6.45) is 0.665. The van der Waals surface area contributed by atoms with Crippen molar-refractivity contribution in [3.05, 3.63) is 35.9 Å². The summed E-state index contributed by atoms with van der Waals surface area (Å²) in [5.41, 5.74) is 1.25. The van der Waals surface area contributed by atoms with Gasteiger partial charge in [0.15, 0.2) is 0 Å². The molecule has 1 N–H and O–H groups in total. The van der Waals surface area contributed by atoms with Gasteiger partial charge in [0.1, 0.15) is 0 Å². The van der Waals surface area contributed by atoms with Gasteiger partial charge in [-0.3, -0.25) is 4.79 Å². The molecule has 0 heterocycles. The third kappa shape index (κ3) is 5.27. The molecule has 1 aromatic rings. The van der Waals surface area contributed by atoms with E-state index in [1.54, 1.807) is 0 Å². The van der Waals surface area contributed by atoms with E-state index in [2.05, 4.69) is 45.6 Å². The van der Waals surface area contributed by atoms with Crippen molar-refractivity contribution in [1.29, 1.82) is 0 Å². The lowest BCUT2D eigenvalue weighted by Gasteiger charge is -2.29. The lowest BCUT2D eigenvalue weighted by molar-refractivity contribution is -0.121. The number of carbonyl (C=O) groups is 1. The van der Waals surface area contributed by atoms with E-state index in [1.807, 2.05) is 30.3 Å². The van der Waals surface area contributed by atoms with Crippen LogP contribution < -0.4 is 5.32 Å². The van der Waals surface area contributed by atoms with Gasteiger partial charge in [-0.1, -0.05) is 58.0 Å². The average molecular weight is 279 g/mol. The van der Waals surface area contributed by atoms with Gasteiger partial charge in [0.05, 0.1) is 5.25 Å². The topological polar surface area (TPSA) is 29.1 Å². The molecule has 1 amide bonds. The molecule has 1 rings (SSSR count). The van der Waals surface area contributed by atoms with E-state index in [0.29, 0.717) is 18.9 Å². The largest absolute Gasteiger partial charge is 0.355 e. The first-order valence-electron chi connectivity index (χ1n) is 6.82. The molecule has 0 bridgehead atoms. The monoisotopic (exact) mass is 279 g/mol. The molecule has 0 aliphatic heterocycles. The Morgan fingerprint density at radius 2 is 1.84 bits per heavy atom. The molecule has 0 radical (unpaired) electrons. The maximum atomic E-state index is 12.0. The van der Waals surface area contributed by atoms with Crippen molar-refractivity contribution in [3.8, 4) is 0 Å². The number of amides is 1. The van der Waals surface area contributed by atoms with Crippen LogP contribution in [0.4, 0.5) is 0 Å². The van der Waals surface area contributed by atoms with Gasteiger partial charge in [0.25, 0.3) is 0 Å². The Morgan fingerprint density at radius 1 is 1.26 bits per heavy atom. The molecule has 0 saturated heterocycles. The summed E-state index contributed by atoms with van der Waals surface area (Å²) in [6.45, 7) is 9.38. The molecular formula is C16H25NOS. The van der Waals surface area contributed by atoms with Gasteiger partial charge >= 0.3 is 0 Å². The number of rotatable bonds is 6. The minimum absolute atomic E-state index is 0.0147. The zero-order valence-corrected chi connectivity index (χ0v) is 13.2. The lowest BCUT2D eigenvalue weighted by atomic mass is 9.81. The fourth-order valence-corrected chi connectivity index (χ4v) is 1.87. The first-order chi connectivity index (χ1) is 8.83. The van der Waals surface area contributed by atoms with Crippen LogP contribution in [0.25, 0.3) is 0 Å². The molecule has 0 saturated carbocycles. The van der Waals surface area contributed by atoms with Gasteiger partial charge in [-0.25, -0.2) is 0 Å². The number of thiol groups is 1. The molecule has 0 spiro atoms. The van der Waals surface area contributed by atoms with E-state index in [0.717, 1.165) is 5.56 Å². The van der Waals surface area contributed by atoms with Crippen LogP contribution in [0.5, 0.6) is 0 Å². The van der Waals surface area contributed by atoms with Gasteiger partial charge in [-0.2, -0.15) is 12.6 Å². The van der Waals surface area contributed by atoms with Crippen LogP contribution in [-0.4, -0.2) is 17.7 Å². The second-order valence-electron chi connectivity index (χ2n) is 6.07. The summed E-state index contributed by atoms with van der Waals surface area (Å²) in [7, 11) is 0. The predicted molar refractivity (Wildman–Crippen MR) is 84.5 cm³/mol. The highest BCUT2D eigenvalue weighted by Gasteiger charge is 2.24. The normalized spacial score (nSPS) is 13.4. The molecule has 0 aromatic heterocycles. The highest BCUT2D eigenvalue weighted by Crippen LogP contribution is 2.24. The fraction of sp³-hybridized carbons (Fsp3) is 0.562. The second-order valence-corrected chi connectivity index (χ2v) is 6.69. The third-order valence-corrected chi connectivity index (χ3v) is 4.27. The number of hydrogen-bond donors (Lipinski definition) is 2. The van der Waals surface area contributed by atoms with E-state index in [4.69, 9.17) is 0 Å². The summed E-state index contributed by atoms with van der Waals surface area (Å²) in [4.78, 5) is 12.0. The average Bonchev–Trinajstić information content (AvgIpc) is 2.37. The number of nitrogens with one attached hydrogen (secondary N) is 1. The number of benzene rings is 1. The second kappa shape index (κ2) is 6.99. The standard InChI is InChI=1S/C16H25NOS/c1-12(2)16(3,4)11-17-15(18)14(19)10-13-8-6-5-7-9-13/h5-9,12,14,19H,10-11H2,1-4H3,(H,17,18). The lowest BCUT2D eigenvalue weighted by Crippen LogP contribution is -2.40. The van der Waals surface area contributed by atoms with Crippen molar-refractivity contribution in [2.75, 3.05) is 6.54 Å². The predicted octanol–water partition coefficient (Wildman–Crippen LogP) is 3.33. The minimum atomic E-state index is -0.287. The Balaban J connectivity index is 2.46. The Bertz CT molecular complexity index is 400. The Labute approximate surface area is 122 Å². The van der Waals surface area contributed by atoms with E-state index >= 15 is 0 Å². The quantitative estimate of drug-likeness (QED) is 0.769. The third-order valence-electron chi connectivity index (χ3n) is 3.86. The molecule has 0 aliphatic carbocycles. The summed E-state index contributed by atoms with van der Waals surface area (Å²) in [5.74, 6) is 0.543. The Kier molecular flexibility index (Phi) is 5.92. The Hall–Kier alpha value is -0.960. The highest BCUT2D eigenvalue weighted by atomic mass is 32.1. The molecule has 1 aromatic carbocycles. The fourth-order valence-electron chi connectivity index (χ4n) is 1.57. The molecule has 2 nitrogen and oxygen atoms in total. The molecular weight excluding hydrogens is 254 g/mol. The van der Waals surface area contributed by atoms with Crippen LogP contribution in [0.1, 0.15) is 33.3 Å². The van der Waals surface area contributed by atoms with E-state index in [9.17, 15) is 4.79 Å². The Morgan fingerprint density at radius 3 is 2.37 bits per heavy atom. The maximum Gasteiger partial charge on any atom is 0.233 e. The van der Waals surface area contributed by atoms with Crippen LogP contribution in [-0.2, 0) is 11.2 Å². The van der Waals surface area contributed by atoms with Crippen LogP contribution in [0.3, 0.4) is 0 Å². The van der Waals surface area contributed by atoms with Gasteiger partial charge in [0, 0.05) is 6.54 Å². The van der Waals surface area contributed by atoms with Crippen LogP contribution in [0.15, 0.2) is 30.3 Å². The zero-order valence-electron chi connectivity index (χ0n) is 12.3. The summed E-state index contributed by atoms with van der Waals surface area (Å²) >= 11 is 4.41. The number of carbonyl (C=O) groups excluding carboxylic acids is 1. The van der Waals surface area contributed by atoms with Crippen molar-refractivity contribution in [2.24, 2.45) is 11.3 Å². The van der Waals surface area contributed by atoms with Gasteiger partial charge in [-0.15, -0.1) is 0 Å². The van der Waals surface area contributed by atoms with Crippen molar-refractivity contribution in [1.82, 2.24) is 5.32 Å². The molecule has 0 fully saturated rings. The molecule has 1 unspecified atom stereocenters. The molecule has 1 atom stereocenters. The summed E-state index contributed by atoms with van der Waals surface area (Å²) in [5, 5.41) is 2.72. The van der Waals surface area contributed by atoms with Gasteiger partial charge in [-0.05, 0) is 23.3 Å². The van der Waals surface area contributed by atoms with E-state index in [1.165, 1.54) is 0 Å². The zero-order chi connectivity index (χ0) is 14.5. The van der Waals surface area contributed by atoms with Gasteiger partial charge < -0.3 is 5.32 Å². The van der Waals surface area contributed by atoms with Crippen LogP contribution in [0.2, 0.25) is 0 Å². The molecule has 3 heteroatoms. The first-order valence-corrected chi connectivity index (χ1v) is 7.34. The van der Waals surface area contributed by atoms with Crippen molar-refractivity contribution in [3.63, 3.8) is 0 Å². The summed E-state index contributed by atoms with van der Waals surface area (Å²) < 4.78 is 0. The summed E-state index contributed by atoms with van der Waals surface area (Å²) in [6, 6.07) is 9.98. The van der Waals surface area contributed by atoms with E-state index < -0.39 is 0 Å². The highest BCUT2D eigenvalue weighted by molar-refractivity contribution is 7.81. The van der Waals surface area contributed by atoms with Crippen molar-refractivity contribution in [2.45, 2.75) is 39.4 Å². The van der Waals surface area contributed by atoms with Crippen molar-refractivity contribution < 1.29 is 4.79 Å². The SMILES string of the molecule is CC(C)C(C)(C)CNC(=O)C(S)Cc1ccccc1. The maximum absolute atomic E-state index is 12.0. The number of hydrogen-bond acceptors (Lipinski definition) is 2. The smallest absolute Gasteiger partial charge is 0.233 e. The first kappa shape index (κ1) is 16.1.